The van der Waals surface area contributed by atoms with Crippen LogP contribution in [0.1, 0.15) is 27.7 Å². The molecule has 0 aromatic carbocycles. The average molecular weight is 228 g/mol. The van der Waals surface area contributed by atoms with Gasteiger partial charge in [-0.2, -0.15) is 0 Å². The van der Waals surface area contributed by atoms with Gasteiger partial charge in [-0.15, -0.1) is 0 Å². The van der Waals surface area contributed by atoms with Gasteiger partial charge in [-0.05, 0) is 19.8 Å². The monoisotopic (exact) mass is 228 g/mol. The predicted molar refractivity (Wildman–Crippen MR) is 64.3 cm³/mol. The number of methoxy groups -OCH3 is 1. The van der Waals surface area contributed by atoms with Gasteiger partial charge in [0.05, 0.1) is 0 Å². The molecule has 0 aromatic heterocycles. The minimum atomic E-state index is -0.00517. The van der Waals surface area contributed by atoms with Crippen molar-refractivity contribution in [3.8, 4) is 0 Å². The Hall–Kier alpha value is -0.610. The lowest BCUT2D eigenvalue weighted by molar-refractivity contribution is -0.141. The highest BCUT2D eigenvalue weighted by molar-refractivity contribution is 5.78. The van der Waals surface area contributed by atoms with E-state index in [1.165, 1.54) is 0 Å². The molecular formula is C12H24N2O2. The summed E-state index contributed by atoms with van der Waals surface area (Å²) in [6.07, 6.45) is 0. The van der Waals surface area contributed by atoms with E-state index in [0.717, 1.165) is 13.1 Å². The standard InChI is InChI=1S/C12H24N2O2/c1-9(2)10-6-13-12(3,4)8-14(10)11(15)7-16-5/h9-10,13H,6-8H2,1-5H3. The molecule has 0 bridgehead atoms. The van der Waals surface area contributed by atoms with E-state index in [1.54, 1.807) is 7.11 Å². The third kappa shape index (κ3) is 3.19. The van der Waals surface area contributed by atoms with Gasteiger partial charge >= 0.3 is 0 Å². The molecule has 4 nitrogen and oxygen atoms in total. The molecule has 0 saturated carbocycles. The van der Waals surface area contributed by atoms with Crippen LogP contribution in [0, 0.1) is 5.92 Å². The van der Waals surface area contributed by atoms with Gasteiger partial charge in [0.2, 0.25) is 5.91 Å². The number of hydrogen-bond acceptors (Lipinski definition) is 3. The summed E-state index contributed by atoms with van der Waals surface area (Å²) in [6.45, 7) is 10.3. The second-order valence-corrected chi connectivity index (χ2v) is 5.53. The van der Waals surface area contributed by atoms with Crippen LogP contribution in [-0.4, -0.2) is 49.2 Å². The minimum Gasteiger partial charge on any atom is -0.375 e. The number of amides is 1. The van der Waals surface area contributed by atoms with Crippen molar-refractivity contribution in [2.45, 2.75) is 39.3 Å². The number of carbonyl (C=O) groups is 1. The molecule has 1 aliphatic rings. The molecule has 1 aliphatic heterocycles. The summed E-state index contributed by atoms with van der Waals surface area (Å²) in [7, 11) is 1.57. The van der Waals surface area contributed by atoms with Gasteiger partial charge in [-0.25, -0.2) is 0 Å². The van der Waals surface area contributed by atoms with Gasteiger partial charge in [-0.1, -0.05) is 13.8 Å². The molecule has 0 aromatic rings. The lowest BCUT2D eigenvalue weighted by atomic mass is 9.93. The van der Waals surface area contributed by atoms with E-state index < -0.39 is 0 Å². The number of rotatable bonds is 3. The van der Waals surface area contributed by atoms with E-state index in [4.69, 9.17) is 4.74 Å². The first-order chi connectivity index (χ1) is 7.37. The van der Waals surface area contributed by atoms with Gasteiger partial charge in [0.15, 0.2) is 0 Å². The lowest BCUT2D eigenvalue weighted by Gasteiger charge is -2.46. The van der Waals surface area contributed by atoms with Crippen molar-refractivity contribution in [3.05, 3.63) is 0 Å². The Kier molecular flexibility index (Phi) is 4.33. The first-order valence-corrected chi connectivity index (χ1v) is 5.91. The molecule has 0 spiro atoms. The van der Waals surface area contributed by atoms with Gasteiger partial charge in [0, 0.05) is 31.8 Å². The van der Waals surface area contributed by atoms with Crippen LogP contribution in [0.15, 0.2) is 0 Å². The predicted octanol–water partition coefficient (Wildman–Crippen LogP) is 0.868. The van der Waals surface area contributed by atoms with E-state index >= 15 is 0 Å². The molecule has 4 heteroatoms. The maximum absolute atomic E-state index is 12.0. The van der Waals surface area contributed by atoms with E-state index in [9.17, 15) is 4.79 Å². The molecule has 1 atom stereocenters. The molecule has 94 valence electrons. The maximum Gasteiger partial charge on any atom is 0.248 e. The fourth-order valence-electron chi connectivity index (χ4n) is 2.17. The molecule has 1 rings (SSSR count). The fourth-order valence-corrected chi connectivity index (χ4v) is 2.17. The number of ether oxygens (including phenoxy) is 1. The van der Waals surface area contributed by atoms with E-state index in [2.05, 4.69) is 33.0 Å². The van der Waals surface area contributed by atoms with Crippen LogP contribution >= 0.6 is 0 Å². The third-order valence-corrected chi connectivity index (χ3v) is 3.11. The maximum atomic E-state index is 12.0. The molecule has 0 radical (unpaired) electrons. The van der Waals surface area contributed by atoms with Gasteiger partial charge < -0.3 is 15.0 Å². The SMILES string of the molecule is COCC(=O)N1CC(C)(C)NCC1C(C)C. The Bertz CT molecular complexity index is 251. The van der Waals surface area contributed by atoms with E-state index in [1.807, 2.05) is 4.90 Å². The van der Waals surface area contributed by atoms with Crippen molar-refractivity contribution in [1.29, 1.82) is 0 Å². The molecule has 1 heterocycles. The Morgan fingerprint density at radius 2 is 2.19 bits per heavy atom. The number of piperazine rings is 1. The van der Waals surface area contributed by atoms with Crippen LogP contribution in [0.2, 0.25) is 0 Å². The number of carbonyl (C=O) groups excluding carboxylic acids is 1. The Labute approximate surface area is 98.3 Å². The molecule has 0 aliphatic carbocycles. The zero-order chi connectivity index (χ0) is 12.3. The van der Waals surface area contributed by atoms with Crippen molar-refractivity contribution in [1.82, 2.24) is 10.2 Å². The molecule has 1 fully saturated rings. The fraction of sp³-hybridized carbons (Fsp3) is 0.917. The van der Waals surface area contributed by atoms with Gasteiger partial charge in [0.25, 0.3) is 0 Å². The summed E-state index contributed by atoms with van der Waals surface area (Å²) in [5.74, 6) is 0.556. The quantitative estimate of drug-likeness (QED) is 0.779. The largest absolute Gasteiger partial charge is 0.375 e. The number of nitrogens with one attached hydrogen (secondary N) is 1. The molecule has 1 amide bonds. The van der Waals surface area contributed by atoms with Crippen molar-refractivity contribution in [3.63, 3.8) is 0 Å². The minimum absolute atomic E-state index is 0.00517. The van der Waals surface area contributed by atoms with Crippen LogP contribution in [0.5, 0.6) is 0 Å². The van der Waals surface area contributed by atoms with E-state index in [-0.39, 0.29) is 24.1 Å². The zero-order valence-corrected chi connectivity index (χ0v) is 11.0. The zero-order valence-electron chi connectivity index (χ0n) is 11.0. The Balaban J connectivity index is 2.75. The first kappa shape index (κ1) is 13.5. The molecule has 1 N–H and O–H groups in total. The van der Waals surface area contributed by atoms with Crippen LogP contribution in [-0.2, 0) is 9.53 Å². The van der Waals surface area contributed by atoms with Crippen LogP contribution < -0.4 is 5.32 Å². The summed E-state index contributed by atoms with van der Waals surface area (Å²) in [6, 6.07) is 0.274. The molecule has 16 heavy (non-hydrogen) atoms. The summed E-state index contributed by atoms with van der Waals surface area (Å²) in [5.41, 5.74) is -0.00517. The topological polar surface area (TPSA) is 41.6 Å². The second kappa shape index (κ2) is 5.15. The molecular weight excluding hydrogens is 204 g/mol. The van der Waals surface area contributed by atoms with Gasteiger partial charge in [-0.3, -0.25) is 4.79 Å². The Morgan fingerprint density at radius 1 is 1.56 bits per heavy atom. The Morgan fingerprint density at radius 3 is 2.69 bits per heavy atom. The highest BCUT2D eigenvalue weighted by Gasteiger charge is 2.36. The van der Waals surface area contributed by atoms with Gasteiger partial charge in [0.1, 0.15) is 6.61 Å². The summed E-state index contributed by atoms with van der Waals surface area (Å²) in [4.78, 5) is 13.9. The second-order valence-electron chi connectivity index (χ2n) is 5.53. The van der Waals surface area contributed by atoms with Crippen LogP contribution in [0.3, 0.4) is 0 Å². The first-order valence-electron chi connectivity index (χ1n) is 5.91. The van der Waals surface area contributed by atoms with Crippen molar-refractivity contribution < 1.29 is 9.53 Å². The van der Waals surface area contributed by atoms with Crippen molar-refractivity contribution in [2.24, 2.45) is 5.92 Å². The summed E-state index contributed by atoms with van der Waals surface area (Å²) in [5, 5.41) is 3.48. The summed E-state index contributed by atoms with van der Waals surface area (Å²) >= 11 is 0. The molecule has 1 saturated heterocycles. The van der Waals surface area contributed by atoms with E-state index in [0.29, 0.717) is 5.92 Å². The lowest BCUT2D eigenvalue weighted by Crippen LogP contribution is -2.64. The average Bonchev–Trinajstić information content (AvgIpc) is 2.16. The third-order valence-electron chi connectivity index (χ3n) is 3.11. The normalized spacial score (nSPS) is 24.9. The smallest absolute Gasteiger partial charge is 0.248 e. The summed E-state index contributed by atoms with van der Waals surface area (Å²) < 4.78 is 4.94. The molecule has 1 unspecified atom stereocenters. The van der Waals surface area contributed by atoms with Crippen LogP contribution in [0.4, 0.5) is 0 Å². The number of hydrogen-bond donors (Lipinski definition) is 1. The number of nitrogens with zero attached hydrogens (tertiary/aromatic N) is 1. The highest BCUT2D eigenvalue weighted by atomic mass is 16.5. The van der Waals surface area contributed by atoms with Crippen molar-refractivity contribution in [2.75, 3.05) is 26.8 Å². The highest BCUT2D eigenvalue weighted by Crippen LogP contribution is 2.20. The van der Waals surface area contributed by atoms with Crippen LogP contribution in [0.25, 0.3) is 0 Å². The van der Waals surface area contributed by atoms with Crippen molar-refractivity contribution >= 4 is 5.91 Å².